The first kappa shape index (κ1) is 29.8. The number of aromatic amines is 1. The van der Waals surface area contributed by atoms with Crippen molar-refractivity contribution in [2.24, 2.45) is 0 Å². The molecule has 12 heteroatoms. The van der Waals surface area contributed by atoms with Gasteiger partial charge in [-0.2, -0.15) is 0 Å². The van der Waals surface area contributed by atoms with Gasteiger partial charge in [-0.05, 0) is 53.1 Å². The van der Waals surface area contributed by atoms with Gasteiger partial charge in [0.05, 0.1) is 40.7 Å². The highest BCUT2D eigenvalue weighted by molar-refractivity contribution is 7.98. The van der Waals surface area contributed by atoms with Crippen molar-refractivity contribution < 1.29 is 23.7 Å². The number of H-pyrrole nitrogens is 1. The molecule has 0 atom stereocenters. The zero-order chi connectivity index (χ0) is 30.1. The summed E-state index contributed by atoms with van der Waals surface area (Å²) in [5.74, 6) is 2.52. The van der Waals surface area contributed by atoms with Crippen molar-refractivity contribution in [3.05, 3.63) is 93.6 Å². The maximum atomic E-state index is 12.6. The average Bonchev–Trinajstić information content (AvgIpc) is 3.02. The van der Waals surface area contributed by atoms with Crippen LogP contribution in [0.25, 0.3) is 16.1 Å². The second-order valence-electron chi connectivity index (χ2n) is 8.74. The Bertz CT molecular complexity index is 1660. The van der Waals surface area contributed by atoms with Crippen LogP contribution in [0, 0.1) is 6.57 Å². The average molecular weight is 588 g/mol. The molecule has 1 heterocycles. The van der Waals surface area contributed by atoms with E-state index in [0.29, 0.717) is 45.2 Å². The Kier molecular flexibility index (Phi) is 9.91. The van der Waals surface area contributed by atoms with Crippen LogP contribution in [0.15, 0.2) is 70.6 Å². The molecular formula is C30H29N5O6S. The lowest BCUT2D eigenvalue weighted by molar-refractivity contribution is 0.251. The molecule has 42 heavy (non-hydrogen) atoms. The maximum absolute atomic E-state index is 12.6. The number of hydrogen-bond acceptors (Lipinski definition) is 8. The SMILES string of the molecule is [C-]#[N+]c1c(-c2cccc(OC)c2)nc(SCc2cccc(NC(=O)NCc3cc(OC)c(OC)c(OC)c3)c2)[nH]c1=O. The van der Waals surface area contributed by atoms with E-state index in [2.05, 4.69) is 25.4 Å². The van der Waals surface area contributed by atoms with E-state index in [-0.39, 0.29) is 17.9 Å². The third-order valence-electron chi connectivity index (χ3n) is 6.07. The third kappa shape index (κ3) is 7.13. The van der Waals surface area contributed by atoms with E-state index in [4.69, 9.17) is 25.5 Å². The Morgan fingerprint density at radius 1 is 0.952 bits per heavy atom. The molecule has 0 radical (unpaired) electrons. The van der Waals surface area contributed by atoms with E-state index in [9.17, 15) is 9.59 Å². The summed E-state index contributed by atoms with van der Waals surface area (Å²) in [5.41, 5.74) is 2.55. The molecule has 3 N–H and O–H groups in total. The van der Waals surface area contributed by atoms with Gasteiger partial charge in [-0.1, -0.05) is 36.0 Å². The molecule has 0 aliphatic rings. The van der Waals surface area contributed by atoms with Crippen LogP contribution in [0.5, 0.6) is 23.0 Å². The van der Waals surface area contributed by atoms with Crippen LogP contribution in [0.4, 0.5) is 16.2 Å². The smallest absolute Gasteiger partial charge is 0.319 e. The summed E-state index contributed by atoms with van der Waals surface area (Å²) >= 11 is 1.31. The molecule has 0 saturated carbocycles. The Balaban J connectivity index is 1.42. The minimum atomic E-state index is -0.514. The highest BCUT2D eigenvalue weighted by Gasteiger charge is 2.16. The Labute approximate surface area is 247 Å². The van der Waals surface area contributed by atoms with Crippen molar-refractivity contribution in [1.29, 1.82) is 0 Å². The first-order valence-corrected chi connectivity index (χ1v) is 13.6. The number of benzene rings is 3. The van der Waals surface area contributed by atoms with Crippen molar-refractivity contribution in [3.8, 4) is 34.3 Å². The van der Waals surface area contributed by atoms with Crippen molar-refractivity contribution in [2.45, 2.75) is 17.5 Å². The quantitative estimate of drug-likeness (QED) is 0.117. The van der Waals surface area contributed by atoms with Crippen molar-refractivity contribution in [2.75, 3.05) is 33.8 Å². The number of urea groups is 1. The van der Waals surface area contributed by atoms with Gasteiger partial charge in [-0.15, -0.1) is 0 Å². The second-order valence-corrected chi connectivity index (χ2v) is 9.71. The van der Waals surface area contributed by atoms with Crippen LogP contribution >= 0.6 is 11.8 Å². The van der Waals surface area contributed by atoms with Gasteiger partial charge in [0.2, 0.25) is 5.75 Å². The number of rotatable bonds is 11. The molecule has 0 aliphatic carbocycles. The summed E-state index contributed by atoms with van der Waals surface area (Å²) in [6, 6.07) is 17.5. The lowest BCUT2D eigenvalue weighted by atomic mass is 10.1. The first-order chi connectivity index (χ1) is 20.4. The fraction of sp³-hybridized carbons (Fsp3) is 0.200. The van der Waals surface area contributed by atoms with Gasteiger partial charge < -0.3 is 34.6 Å². The number of anilines is 1. The largest absolute Gasteiger partial charge is 0.497 e. The predicted octanol–water partition coefficient (Wildman–Crippen LogP) is 5.64. The number of hydrogen-bond donors (Lipinski definition) is 3. The molecule has 0 aliphatic heterocycles. The summed E-state index contributed by atoms with van der Waals surface area (Å²) in [4.78, 5) is 35.9. The van der Waals surface area contributed by atoms with E-state index in [1.54, 1.807) is 49.6 Å². The number of thioether (sulfide) groups is 1. The van der Waals surface area contributed by atoms with Gasteiger partial charge in [0.25, 0.3) is 11.2 Å². The lowest BCUT2D eigenvalue weighted by Crippen LogP contribution is -2.28. The lowest BCUT2D eigenvalue weighted by Gasteiger charge is -2.15. The van der Waals surface area contributed by atoms with Crippen molar-refractivity contribution >= 4 is 29.2 Å². The van der Waals surface area contributed by atoms with Crippen LogP contribution in [0.2, 0.25) is 0 Å². The molecule has 216 valence electrons. The minimum Gasteiger partial charge on any atom is -0.497 e. The van der Waals surface area contributed by atoms with Gasteiger partial charge in [0.15, 0.2) is 16.7 Å². The van der Waals surface area contributed by atoms with Crippen molar-refractivity contribution in [3.63, 3.8) is 0 Å². The fourth-order valence-corrected chi connectivity index (χ4v) is 4.88. The molecule has 2 amide bonds. The molecule has 11 nitrogen and oxygen atoms in total. The highest BCUT2D eigenvalue weighted by atomic mass is 32.2. The molecular weight excluding hydrogens is 558 g/mol. The predicted molar refractivity (Wildman–Crippen MR) is 161 cm³/mol. The Morgan fingerprint density at radius 2 is 1.69 bits per heavy atom. The van der Waals surface area contributed by atoms with Crippen LogP contribution < -0.4 is 35.1 Å². The number of ether oxygens (including phenoxy) is 4. The topological polar surface area (TPSA) is 128 Å². The van der Waals surface area contributed by atoms with Gasteiger partial charge in [0.1, 0.15) is 5.75 Å². The number of nitrogens with zero attached hydrogens (tertiary/aromatic N) is 2. The molecule has 4 aromatic rings. The molecule has 0 unspecified atom stereocenters. The maximum Gasteiger partial charge on any atom is 0.319 e. The van der Waals surface area contributed by atoms with E-state index >= 15 is 0 Å². The molecule has 3 aromatic carbocycles. The van der Waals surface area contributed by atoms with Crippen LogP contribution in [-0.4, -0.2) is 44.4 Å². The Morgan fingerprint density at radius 3 is 2.36 bits per heavy atom. The van der Waals surface area contributed by atoms with Crippen LogP contribution in [-0.2, 0) is 12.3 Å². The van der Waals surface area contributed by atoms with Crippen molar-refractivity contribution in [1.82, 2.24) is 15.3 Å². The number of carbonyl (C=O) groups is 1. The monoisotopic (exact) mass is 587 g/mol. The summed E-state index contributed by atoms with van der Waals surface area (Å²) in [6.07, 6.45) is 0. The molecule has 1 aromatic heterocycles. The number of carbonyl (C=O) groups excluding carboxylic acids is 1. The zero-order valence-corrected chi connectivity index (χ0v) is 24.3. The second kappa shape index (κ2) is 14.0. The minimum absolute atomic E-state index is 0.0867. The Hall–Kier alpha value is -5.15. The summed E-state index contributed by atoms with van der Waals surface area (Å²) in [5, 5.41) is 6.02. The van der Waals surface area contributed by atoms with E-state index in [1.807, 2.05) is 18.2 Å². The van der Waals surface area contributed by atoms with Gasteiger partial charge >= 0.3 is 6.03 Å². The fourth-order valence-electron chi connectivity index (χ4n) is 4.08. The van der Waals surface area contributed by atoms with E-state index in [0.717, 1.165) is 11.1 Å². The molecule has 0 saturated heterocycles. The first-order valence-electron chi connectivity index (χ1n) is 12.6. The normalized spacial score (nSPS) is 10.4. The molecule has 0 bridgehead atoms. The molecule has 0 fully saturated rings. The number of amides is 2. The standard InChI is InChI=1S/C30H29N5O6S/c1-31-26-25(20-9-7-11-22(15-20)38-2)34-30(35-28(26)36)42-17-18-8-6-10-21(12-18)33-29(37)32-16-19-13-23(39-3)27(41-5)24(14-19)40-4/h6-15H,16-17H2,2-5H3,(H2,32,33,37)(H,34,35,36). The summed E-state index contributed by atoms with van der Waals surface area (Å²) in [6.45, 7) is 7.69. The zero-order valence-electron chi connectivity index (χ0n) is 23.4. The van der Waals surface area contributed by atoms with Crippen LogP contribution in [0.1, 0.15) is 11.1 Å². The summed E-state index contributed by atoms with van der Waals surface area (Å²) in [7, 11) is 6.13. The number of aromatic nitrogens is 2. The number of methoxy groups -OCH3 is 4. The molecule has 4 rings (SSSR count). The van der Waals surface area contributed by atoms with Gasteiger partial charge in [-0.3, -0.25) is 4.79 Å². The third-order valence-corrected chi connectivity index (χ3v) is 7.01. The summed E-state index contributed by atoms with van der Waals surface area (Å²) < 4.78 is 21.4. The van der Waals surface area contributed by atoms with Gasteiger partial charge in [-0.25, -0.2) is 14.6 Å². The molecule has 0 spiro atoms. The van der Waals surface area contributed by atoms with E-state index in [1.165, 1.54) is 33.1 Å². The highest BCUT2D eigenvalue weighted by Crippen LogP contribution is 2.38. The van der Waals surface area contributed by atoms with Crippen LogP contribution in [0.3, 0.4) is 0 Å². The van der Waals surface area contributed by atoms with E-state index < -0.39 is 11.6 Å². The number of nitrogens with one attached hydrogen (secondary N) is 3. The van der Waals surface area contributed by atoms with Gasteiger partial charge in [0, 0.05) is 18.0 Å².